The first-order valence-electron chi connectivity index (χ1n) is 7.14. The van der Waals surface area contributed by atoms with Gasteiger partial charge >= 0.3 is 5.97 Å². The molecule has 114 valence electrons. The van der Waals surface area contributed by atoms with Crippen LogP contribution < -0.4 is 5.32 Å². The number of carboxylic acid groups (broad SMARTS) is 1. The lowest BCUT2D eigenvalue weighted by molar-refractivity contribution is 0.0690. The number of hydrogen-bond donors (Lipinski definition) is 2. The summed E-state index contributed by atoms with van der Waals surface area (Å²) in [4.78, 5) is 18.7. The second-order valence-corrected chi connectivity index (χ2v) is 6.03. The van der Waals surface area contributed by atoms with Gasteiger partial charge in [-0.25, -0.2) is 14.8 Å². The summed E-state index contributed by atoms with van der Waals surface area (Å²) >= 11 is 6.10. The molecule has 1 heterocycles. The van der Waals surface area contributed by atoms with Crippen LogP contribution in [0.2, 0.25) is 5.02 Å². The van der Waals surface area contributed by atoms with Gasteiger partial charge in [-0.3, -0.25) is 0 Å². The van der Waals surface area contributed by atoms with Crippen LogP contribution in [0.5, 0.6) is 0 Å². The average Bonchev–Trinajstić information content (AvgIpc) is 2.47. The van der Waals surface area contributed by atoms with E-state index in [-0.39, 0.29) is 11.1 Å². The number of benzene rings is 1. The van der Waals surface area contributed by atoms with Crippen molar-refractivity contribution in [2.75, 3.05) is 11.9 Å². The van der Waals surface area contributed by atoms with Gasteiger partial charge in [0.15, 0.2) is 5.69 Å². The van der Waals surface area contributed by atoms with Gasteiger partial charge in [0.1, 0.15) is 5.82 Å². The number of anilines is 1. The molecule has 3 rings (SSSR count). The molecule has 6 heteroatoms. The van der Waals surface area contributed by atoms with E-state index >= 15 is 0 Å². The summed E-state index contributed by atoms with van der Waals surface area (Å²) in [5.41, 5.74) is 1.24. The first kappa shape index (κ1) is 14.8. The van der Waals surface area contributed by atoms with Gasteiger partial charge in [-0.05, 0) is 30.5 Å². The van der Waals surface area contributed by atoms with Gasteiger partial charge in [-0.1, -0.05) is 30.2 Å². The minimum absolute atomic E-state index is 0.0567. The number of aromatic carboxylic acids is 1. The molecule has 0 saturated heterocycles. The highest BCUT2D eigenvalue weighted by molar-refractivity contribution is 6.30. The van der Waals surface area contributed by atoms with Gasteiger partial charge in [0, 0.05) is 17.0 Å². The largest absolute Gasteiger partial charge is 0.476 e. The van der Waals surface area contributed by atoms with Crippen LogP contribution in [0.3, 0.4) is 0 Å². The summed E-state index contributed by atoms with van der Waals surface area (Å²) < 4.78 is 0. The third-order valence-corrected chi connectivity index (χ3v) is 4.46. The van der Waals surface area contributed by atoms with Crippen molar-refractivity contribution in [2.45, 2.75) is 24.7 Å². The number of rotatable bonds is 5. The highest BCUT2D eigenvalue weighted by atomic mass is 35.5. The van der Waals surface area contributed by atoms with Gasteiger partial charge in [0.2, 0.25) is 0 Å². The van der Waals surface area contributed by atoms with Crippen molar-refractivity contribution in [3.8, 4) is 0 Å². The SMILES string of the molecule is O=C(O)c1cnc(NCC2(c3cccc(Cl)c3)CCC2)cn1. The monoisotopic (exact) mass is 317 g/mol. The Morgan fingerprint density at radius 3 is 2.68 bits per heavy atom. The molecule has 0 aliphatic heterocycles. The van der Waals surface area contributed by atoms with Crippen molar-refractivity contribution in [3.63, 3.8) is 0 Å². The number of nitrogens with zero attached hydrogens (tertiary/aromatic N) is 2. The molecule has 2 N–H and O–H groups in total. The smallest absolute Gasteiger partial charge is 0.356 e. The summed E-state index contributed by atoms with van der Waals surface area (Å²) in [6, 6.07) is 7.97. The zero-order valence-corrected chi connectivity index (χ0v) is 12.7. The quantitative estimate of drug-likeness (QED) is 0.884. The molecule has 0 radical (unpaired) electrons. The van der Waals surface area contributed by atoms with Crippen LogP contribution in [0, 0.1) is 0 Å². The Hall–Kier alpha value is -2.14. The fourth-order valence-electron chi connectivity index (χ4n) is 2.78. The Balaban J connectivity index is 1.72. The molecule has 1 aromatic carbocycles. The van der Waals surface area contributed by atoms with Gasteiger partial charge in [-0.2, -0.15) is 0 Å². The molecular weight excluding hydrogens is 302 g/mol. The molecule has 1 fully saturated rings. The molecule has 1 saturated carbocycles. The summed E-state index contributed by atoms with van der Waals surface area (Å²) in [6.07, 6.45) is 6.10. The van der Waals surface area contributed by atoms with Crippen LogP contribution in [-0.2, 0) is 5.41 Å². The van der Waals surface area contributed by atoms with Crippen molar-refractivity contribution in [1.29, 1.82) is 0 Å². The Kier molecular flexibility index (Phi) is 3.98. The minimum Gasteiger partial charge on any atom is -0.476 e. The van der Waals surface area contributed by atoms with Crippen LogP contribution in [0.1, 0.15) is 35.3 Å². The maximum Gasteiger partial charge on any atom is 0.356 e. The van der Waals surface area contributed by atoms with E-state index in [1.165, 1.54) is 24.4 Å². The molecule has 0 amide bonds. The molecule has 0 unspecified atom stereocenters. The van der Waals surface area contributed by atoms with Gasteiger partial charge in [0.25, 0.3) is 0 Å². The average molecular weight is 318 g/mol. The van der Waals surface area contributed by atoms with Crippen molar-refractivity contribution in [2.24, 2.45) is 0 Å². The lowest BCUT2D eigenvalue weighted by Crippen LogP contribution is -2.41. The Morgan fingerprint density at radius 2 is 2.14 bits per heavy atom. The van der Waals surface area contributed by atoms with Crippen LogP contribution in [0.15, 0.2) is 36.7 Å². The first-order chi connectivity index (χ1) is 10.6. The van der Waals surface area contributed by atoms with Crippen LogP contribution in [0.4, 0.5) is 5.82 Å². The zero-order chi connectivity index (χ0) is 15.6. The van der Waals surface area contributed by atoms with Crippen molar-refractivity contribution < 1.29 is 9.90 Å². The van der Waals surface area contributed by atoms with E-state index in [1.807, 2.05) is 18.2 Å². The molecule has 5 nitrogen and oxygen atoms in total. The standard InChI is InChI=1S/C16H16ClN3O2/c17-12-4-1-3-11(7-12)16(5-2-6-16)10-20-14-9-18-13(8-19-14)15(21)22/h1,3-4,7-9H,2,5-6,10H2,(H,19,20)(H,21,22). The van der Waals surface area contributed by atoms with E-state index in [2.05, 4.69) is 21.4 Å². The second-order valence-electron chi connectivity index (χ2n) is 5.59. The number of carboxylic acids is 1. The normalized spacial score (nSPS) is 15.9. The lowest BCUT2D eigenvalue weighted by Gasteiger charge is -2.42. The lowest BCUT2D eigenvalue weighted by atomic mass is 9.64. The fourth-order valence-corrected chi connectivity index (χ4v) is 2.97. The topological polar surface area (TPSA) is 75.1 Å². The molecular formula is C16H16ClN3O2. The molecule has 22 heavy (non-hydrogen) atoms. The highest BCUT2D eigenvalue weighted by Gasteiger charge is 2.38. The third kappa shape index (κ3) is 2.90. The molecule has 1 aliphatic rings. The number of halogens is 1. The van der Waals surface area contributed by atoms with Gasteiger partial charge in [-0.15, -0.1) is 0 Å². The van der Waals surface area contributed by atoms with E-state index in [0.717, 1.165) is 24.4 Å². The number of nitrogens with one attached hydrogen (secondary N) is 1. The molecule has 1 aromatic heterocycles. The second kappa shape index (κ2) is 5.93. The zero-order valence-electron chi connectivity index (χ0n) is 11.9. The summed E-state index contributed by atoms with van der Waals surface area (Å²) in [6.45, 7) is 0.731. The number of aromatic nitrogens is 2. The van der Waals surface area contributed by atoms with E-state index in [0.29, 0.717) is 5.82 Å². The Morgan fingerprint density at radius 1 is 1.32 bits per heavy atom. The summed E-state index contributed by atoms with van der Waals surface area (Å²) in [7, 11) is 0. The predicted molar refractivity (Wildman–Crippen MR) is 84.5 cm³/mol. The van der Waals surface area contributed by atoms with E-state index in [9.17, 15) is 4.79 Å². The molecule has 1 aliphatic carbocycles. The summed E-state index contributed by atoms with van der Waals surface area (Å²) in [5, 5.41) is 12.8. The summed E-state index contributed by atoms with van der Waals surface area (Å²) in [5.74, 6) is -0.494. The van der Waals surface area contributed by atoms with Crippen LogP contribution >= 0.6 is 11.6 Å². The van der Waals surface area contributed by atoms with Gasteiger partial charge < -0.3 is 10.4 Å². The number of carbonyl (C=O) groups is 1. The minimum atomic E-state index is -1.08. The molecule has 0 atom stereocenters. The molecule has 0 bridgehead atoms. The van der Waals surface area contributed by atoms with E-state index in [1.54, 1.807) is 0 Å². The van der Waals surface area contributed by atoms with Crippen LogP contribution in [0.25, 0.3) is 0 Å². The number of hydrogen-bond acceptors (Lipinski definition) is 4. The van der Waals surface area contributed by atoms with E-state index in [4.69, 9.17) is 16.7 Å². The third-order valence-electron chi connectivity index (χ3n) is 4.23. The Bertz CT molecular complexity index is 684. The highest BCUT2D eigenvalue weighted by Crippen LogP contribution is 2.44. The van der Waals surface area contributed by atoms with Crippen molar-refractivity contribution in [3.05, 3.63) is 52.9 Å². The molecule has 0 spiro atoms. The van der Waals surface area contributed by atoms with Crippen molar-refractivity contribution in [1.82, 2.24) is 9.97 Å². The maximum atomic E-state index is 10.8. The predicted octanol–water partition coefficient (Wildman–Crippen LogP) is 3.36. The van der Waals surface area contributed by atoms with E-state index < -0.39 is 5.97 Å². The van der Waals surface area contributed by atoms with Gasteiger partial charge in [0.05, 0.1) is 12.4 Å². The maximum absolute atomic E-state index is 10.8. The Labute approximate surface area is 133 Å². The molecule has 2 aromatic rings. The first-order valence-corrected chi connectivity index (χ1v) is 7.52. The fraction of sp³-hybridized carbons (Fsp3) is 0.312. The van der Waals surface area contributed by atoms with Crippen molar-refractivity contribution >= 4 is 23.4 Å². The van der Waals surface area contributed by atoms with Crippen LogP contribution in [-0.4, -0.2) is 27.6 Å².